The molecule has 0 saturated carbocycles. The summed E-state index contributed by atoms with van der Waals surface area (Å²) in [6.45, 7) is 11.7. The van der Waals surface area contributed by atoms with Gasteiger partial charge >= 0.3 is 0 Å². The molecule has 1 saturated heterocycles. The third-order valence-corrected chi connectivity index (χ3v) is 9.42. The summed E-state index contributed by atoms with van der Waals surface area (Å²) in [4.78, 5) is 0.927. The first-order chi connectivity index (χ1) is 21.6. The molecule has 1 aliphatic rings. The SMILES string of the molecule is CCCCOC[C@H]1O[C@@H](c2cccc(C(O)c3cc4ccccc4s3)c2)[C@H](OCCCC)[C@@H](OCCCC)[C@@H]1OCCCC. The van der Waals surface area contributed by atoms with E-state index in [0.29, 0.717) is 33.0 Å². The molecular weight excluding hydrogens is 572 g/mol. The number of aliphatic hydroxyl groups is 1. The Kier molecular flexibility index (Phi) is 15.1. The number of aliphatic hydroxyl groups excluding tert-OH is 1. The molecule has 1 N–H and O–H groups in total. The van der Waals surface area contributed by atoms with E-state index in [1.54, 1.807) is 11.3 Å². The highest BCUT2D eigenvalue weighted by atomic mass is 32.1. The molecule has 0 radical (unpaired) electrons. The van der Waals surface area contributed by atoms with Gasteiger partial charge in [-0.25, -0.2) is 0 Å². The largest absolute Gasteiger partial charge is 0.383 e. The minimum absolute atomic E-state index is 0.296. The molecule has 244 valence electrons. The van der Waals surface area contributed by atoms with Crippen LogP contribution in [0.4, 0.5) is 0 Å². The fraction of sp³-hybridized carbons (Fsp3) is 0.622. The second-order valence-corrected chi connectivity index (χ2v) is 13.0. The lowest BCUT2D eigenvalue weighted by Gasteiger charge is -2.46. The highest BCUT2D eigenvalue weighted by Crippen LogP contribution is 2.40. The third-order valence-electron chi connectivity index (χ3n) is 8.25. The molecule has 6 nitrogen and oxygen atoms in total. The Morgan fingerprint density at radius 1 is 0.727 bits per heavy atom. The summed E-state index contributed by atoms with van der Waals surface area (Å²) in [6, 6.07) is 18.5. The number of fused-ring (bicyclic) bond motifs is 1. The van der Waals surface area contributed by atoms with Gasteiger partial charge in [0.25, 0.3) is 0 Å². The van der Waals surface area contributed by atoms with Crippen molar-refractivity contribution < 1.29 is 28.8 Å². The van der Waals surface area contributed by atoms with E-state index in [4.69, 9.17) is 23.7 Å². The molecule has 0 aliphatic carbocycles. The fourth-order valence-electron chi connectivity index (χ4n) is 5.64. The van der Waals surface area contributed by atoms with Crippen molar-refractivity contribution in [3.63, 3.8) is 0 Å². The first-order valence-corrected chi connectivity index (χ1v) is 17.8. The van der Waals surface area contributed by atoms with Gasteiger partial charge in [-0.15, -0.1) is 11.3 Å². The van der Waals surface area contributed by atoms with Crippen LogP contribution in [0.5, 0.6) is 0 Å². The van der Waals surface area contributed by atoms with Crippen molar-refractivity contribution in [2.45, 2.75) is 116 Å². The van der Waals surface area contributed by atoms with Gasteiger partial charge in [0.2, 0.25) is 0 Å². The van der Waals surface area contributed by atoms with Gasteiger partial charge in [-0.05, 0) is 54.3 Å². The molecule has 1 aromatic heterocycles. The summed E-state index contributed by atoms with van der Waals surface area (Å²) < 4.78 is 34.1. The predicted octanol–water partition coefficient (Wildman–Crippen LogP) is 8.80. The third kappa shape index (κ3) is 9.58. The van der Waals surface area contributed by atoms with Crippen molar-refractivity contribution in [2.24, 2.45) is 0 Å². The van der Waals surface area contributed by atoms with Crippen molar-refractivity contribution in [3.05, 3.63) is 70.6 Å². The van der Waals surface area contributed by atoms with Gasteiger partial charge in [0.05, 0.1) is 6.61 Å². The standard InChI is InChI=1S/C37H54O6S/c1-5-9-20-39-26-30-35(40-21-10-6-2)37(42-23-12-8-4)36(41-22-11-7-3)34(43-30)29-18-15-17-28(24-29)33(38)32-25-27-16-13-14-19-31(27)44-32/h13-19,24-25,30,33-38H,5-12,20-23,26H2,1-4H3/t30-,33?,34+,35-,36+,37+/m1/s1. The maximum atomic E-state index is 11.5. The number of unbranched alkanes of at least 4 members (excludes halogenated alkanes) is 4. The molecule has 2 heterocycles. The van der Waals surface area contributed by atoms with Crippen LogP contribution in [0.25, 0.3) is 10.1 Å². The van der Waals surface area contributed by atoms with Gasteiger partial charge in [-0.1, -0.05) is 95.8 Å². The van der Waals surface area contributed by atoms with Crippen LogP contribution in [-0.4, -0.2) is 62.6 Å². The van der Waals surface area contributed by atoms with E-state index in [1.165, 1.54) is 4.70 Å². The van der Waals surface area contributed by atoms with Gasteiger partial charge in [0.1, 0.15) is 36.6 Å². The smallest absolute Gasteiger partial charge is 0.117 e. The first kappa shape index (κ1) is 35.0. The lowest BCUT2D eigenvalue weighted by Crippen LogP contribution is -2.58. The lowest BCUT2D eigenvalue weighted by atomic mass is 9.89. The maximum absolute atomic E-state index is 11.5. The normalized spacial score (nSPS) is 22.9. The van der Waals surface area contributed by atoms with E-state index in [9.17, 15) is 5.11 Å². The van der Waals surface area contributed by atoms with E-state index in [1.807, 2.05) is 24.3 Å². The van der Waals surface area contributed by atoms with Gasteiger partial charge in [-0.3, -0.25) is 0 Å². The molecule has 1 unspecified atom stereocenters. The van der Waals surface area contributed by atoms with Crippen LogP contribution in [-0.2, 0) is 23.7 Å². The van der Waals surface area contributed by atoms with Crippen molar-refractivity contribution in [1.29, 1.82) is 0 Å². The van der Waals surface area contributed by atoms with Crippen LogP contribution in [0.1, 0.15) is 107 Å². The molecule has 3 aromatic rings. The van der Waals surface area contributed by atoms with Gasteiger partial charge in [-0.2, -0.15) is 0 Å². The monoisotopic (exact) mass is 626 g/mol. The summed E-state index contributed by atoms with van der Waals surface area (Å²) in [6.07, 6.45) is 5.77. The van der Waals surface area contributed by atoms with E-state index in [2.05, 4.69) is 58.0 Å². The second-order valence-electron chi connectivity index (χ2n) is 11.8. The highest BCUT2D eigenvalue weighted by molar-refractivity contribution is 7.19. The summed E-state index contributed by atoms with van der Waals surface area (Å²) >= 11 is 1.63. The van der Waals surface area contributed by atoms with Gasteiger partial charge < -0.3 is 28.8 Å². The van der Waals surface area contributed by atoms with Crippen LogP contribution >= 0.6 is 11.3 Å². The lowest BCUT2D eigenvalue weighted by molar-refractivity contribution is -0.268. The van der Waals surface area contributed by atoms with Crippen LogP contribution in [0.3, 0.4) is 0 Å². The Morgan fingerprint density at radius 3 is 2.05 bits per heavy atom. The predicted molar refractivity (Wildman–Crippen MR) is 180 cm³/mol. The Bertz CT molecular complexity index is 1180. The van der Waals surface area contributed by atoms with Crippen molar-refractivity contribution >= 4 is 21.4 Å². The summed E-state index contributed by atoms with van der Waals surface area (Å²) in [5.74, 6) is 0. The van der Waals surface area contributed by atoms with Gasteiger partial charge in [0, 0.05) is 36.0 Å². The summed E-state index contributed by atoms with van der Waals surface area (Å²) in [5.41, 5.74) is 1.81. The minimum Gasteiger partial charge on any atom is -0.383 e. The van der Waals surface area contributed by atoms with E-state index in [-0.39, 0.29) is 30.5 Å². The quantitative estimate of drug-likeness (QED) is 0.127. The zero-order valence-electron chi connectivity index (χ0n) is 27.2. The summed E-state index contributed by atoms with van der Waals surface area (Å²) in [5, 5.41) is 12.7. The van der Waals surface area contributed by atoms with Crippen LogP contribution in [0.15, 0.2) is 54.6 Å². The number of benzene rings is 2. The molecule has 1 aliphatic heterocycles. The molecule has 44 heavy (non-hydrogen) atoms. The summed E-state index contributed by atoms with van der Waals surface area (Å²) in [7, 11) is 0. The van der Waals surface area contributed by atoms with Gasteiger partial charge in [0.15, 0.2) is 0 Å². The Balaban J connectivity index is 1.67. The highest BCUT2D eigenvalue weighted by Gasteiger charge is 2.48. The van der Waals surface area contributed by atoms with E-state index < -0.39 is 6.10 Å². The van der Waals surface area contributed by atoms with Crippen molar-refractivity contribution in [3.8, 4) is 0 Å². The Labute approximate surface area is 269 Å². The molecule has 6 atom stereocenters. The number of ether oxygens (including phenoxy) is 5. The average molecular weight is 627 g/mol. The van der Waals surface area contributed by atoms with Crippen LogP contribution < -0.4 is 0 Å². The number of hydrogen-bond acceptors (Lipinski definition) is 7. The zero-order chi connectivity index (χ0) is 31.1. The number of hydrogen-bond donors (Lipinski definition) is 1. The Morgan fingerprint density at radius 2 is 1.36 bits per heavy atom. The van der Waals surface area contributed by atoms with Crippen molar-refractivity contribution in [2.75, 3.05) is 33.0 Å². The molecule has 2 aromatic carbocycles. The molecular formula is C37H54O6S. The average Bonchev–Trinajstić information content (AvgIpc) is 3.49. The molecule has 7 heteroatoms. The maximum Gasteiger partial charge on any atom is 0.117 e. The molecule has 0 amide bonds. The zero-order valence-corrected chi connectivity index (χ0v) is 28.1. The van der Waals surface area contributed by atoms with E-state index >= 15 is 0 Å². The number of rotatable bonds is 20. The Hall–Kier alpha value is -1.84. The van der Waals surface area contributed by atoms with Crippen LogP contribution in [0, 0.1) is 0 Å². The fourth-order valence-corrected chi connectivity index (χ4v) is 6.71. The molecule has 1 fully saturated rings. The first-order valence-electron chi connectivity index (χ1n) is 17.0. The molecule has 0 bridgehead atoms. The van der Waals surface area contributed by atoms with Crippen LogP contribution in [0.2, 0.25) is 0 Å². The minimum atomic E-state index is -0.731. The van der Waals surface area contributed by atoms with Crippen molar-refractivity contribution in [1.82, 2.24) is 0 Å². The molecule has 0 spiro atoms. The second kappa shape index (κ2) is 19.0. The topological polar surface area (TPSA) is 66.4 Å². The molecule has 4 rings (SSSR count). The van der Waals surface area contributed by atoms with E-state index in [0.717, 1.165) is 72.8 Å². The number of thiophene rings is 1.